The molecule has 0 spiro atoms. The summed E-state index contributed by atoms with van der Waals surface area (Å²) in [6.07, 6.45) is 5.06. The monoisotopic (exact) mass is 806 g/mol. The number of hydrogen-bond donors (Lipinski definition) is 2. The molecule has 1 atom stereocenters. The number of benzene rings is 5. The third-order valence-electron chi connectivity index (χ3n) is 8.89. The van der Waals surface area contributed by atoms with Crippen LogP contribution in [0.2, 0.25) is 15.1 Å². The Morgan fingerprint density at radius 1 is 0.873 bits per heavy atom. The first kappa shape index (κ1) is 39.5. The fourth-order valence-corrected chi connectivity index (χ4v) is 6.77. The molecule has 6 aromatic rings. The Balaban J connectivity index is 1.22. The Kier molecular flexibility index (Phi) is 13.9. The number of rotatable bonds is 15. The van der Waals surface area contributed by atoms with Crippen molar-refractivity contribution in [3.8, 4) is 11.8 Å². The maximum absolute atomic E-state index is 14.9. The van der Waals surface area contributed by atoms with Crippen molar-refractivity contribution >= 4 is 63.7 Å². The van der Waals surface area contributed by atoms with E-state index < -0.39 is 5.92 Å². The highest BCUT2D eigenvalue weighted by atomic mass is 35.5. The number of amides is 1. The molecule has 1 heterocycles. The number of thiocarbonyl (C=S) groups is 1. The Hall–Kier alpha value is -5.21. The molecule has 0 saturated carbocycles. The van der Waals surface area contributed by atoms with Gasteiger partial charge in [-0.2, -0.15) is 5.26 Å². The molecule has 0 aliphatic rings. The summed E-state index contributed by atoms with van der Waals surface area (Å²) in [5, 5.41) is 15.4. The summed E-state index contributed by atoms with van der Waals surface area (Å²) >= 11 is 25.2. The number of nitriles is 1. The van der Waals surface area contributed by atoms with E-state index in [1.807, 2.05) is 71.3 Å². The second-order valence-electron chi connectivity index (χ2n) is 12.8. The lowest BCUT2D eigenvalue weighted by Gasteiger charge is -2.29. The van der Waals surface area contributed by atoms with Crippen molar-refractivity contribution in [2.45, 2.75) is 38.3 Å². The summed E-state index contributed by atoms with van der Waals surface area (Å²) < 4.78 is 7.87. The summed E-state index contributed by atoms with van der Waals surface area (Å²) in [6.45, 7) is 1.36. The van der Waals surface area contributed by atoms with Gasteiger partial charge in [0.1, 0.15) is 12.4 Å². The van der Waals surface area contributed by atoms with Crippen molar-refractivity contribution in [1.82, 2.24) is 20.0 Å². The predicted octanol–water partition coefficient (Wildman–Crippen LogP) is 10.0. The first-order valence-electron chi connectivity index (χ1n) is 17.6. The van der Waals surface area contributed by atoms with Crippen molar-refractivity contribution < 1.29 is 9.53 Å². The Morgan fingerprint density at radius 2 is 1.60 bits per heavy atom. The lowest BCUT2D eigenvalue weighted by atomic mass is 9.95. The molecule has 1 unspecified atom stereocenters. The number of carbonyl (C=O) groups excluding carboxylic acids is 1. The largest absolute Gasteiger partial charge is 0.489 e. The highest BCUT2D eigenvalue weighted by Crippen LogP contribution is 2.32. The molecule has 0 saturated heterocycles. The zero-order chi connectivity index (χ0) is 38.6. The SMILES string of the molecule is N#Cc1ccc(Cn2cncc2C(Cc2cccc(Cl)c2Cl)C(=O)N(NCCCc2ccc(OCc3ccccc3)cc2)C(=S)Nc2ccc(Cl)cc2)cc1. The molecular weight excluding hydrogens is 771 g/mol. The number of halogens is 3. The van der Waals surface area contributed by atoms with Gasteiger partial charge in [0.2, 0.25) is 0 Å². The molecule has 12 heteroatoms. The van der Waals surface area contributed by atoms with Crippen molar-refractivity contribution in [1.29, 1.82) is 5.26 Å². The quantitative estimate of drug-likeness (QED) is 0.0606. The van der Waals surface area contributed by atoms with Gasteiger partial charge >= 0.3 is 0 Å². The van der Waals surface area contributed by atoms with E-state index in [1.54, 1.807) is 55.0 Å². The van der Waals surface area contributed by atoms with E-state index in [9.17, 15) is 10.1 Å². The Labute approximate surface area is 341 Å². The zero-order valence-corrected chi connectivity index (χ0v) is 32.8. The topological polar surface area (TPSA) is 95.2 Å². The summed E-state index contributed by atoms with van der Waals surface area (Å²) in [6, 6.07) is 40.0. The average molecular weight is 808 g/mol. The standard InChI is InChI=1S/C43H37Cl3N6O2S/c44-35-17-19-36(20-18-35)50-43(55)52(49-23-5-8-30-15-21-37(22-16-30)54-28-33-6-2-1-3-7-33)42(53)38(24-34-9-4-10-39(45)41(34)46)40-26-48-29-51(40)27-32-13-11-31(25-47)12-14-32/h1-4,6-7,9-22,26,29,38,49H,5,8,23-24,27-28H2,(H,50,55). The summed E-state index contributed by atoms with van der Waals surface area (Å²) in [7, 11) is 0. The van der Waals surface area contributed by atoms with Crippen molar-refractivity contribution in [2.24, 2.45) is 0 Å². The summed E-state index contributed by atoms with van der Waals surface area (Å²) in [5.41, 5.74) is 9.08. The molecular formula is C43H37Cl3N6O2S. The number of ether oxygens (including phenoxy) is 1. The molecule has 2 N–H and O–H groups in total. The first-order chi connectivity index (χ1) is 26.8. The molecule has 5 aromatic carbocycles. The third kappa shape index (κ3) is 10.9. The van der Waals surface area contributed by atoms with Crippen LogP contribution in [-0.4, -0.2) is 32.1 Å². The smallest absolute Gasteiger partial charge is 0.252 e. The molecule has 0 fully saturated rings. The van der Waals surface area contributed by atoms with E-state index in [0.29, 0.717) is 63.7 Å². The van der Waals surface area contributed by atoms with Crippen LogP contribution in [0.1, 0.15) is 45.8 Å². The van der Waals surface area contributed by atoms with Gasteiger partial charge in [-0.05, 0) is 108 Å². The number of nitrogens with zero attached hydrogens (tertiary/aromatic N) is 4. The van der Waals surface area contributed by atoms with Gasteiger partial charge in [-0.15, -0.1) is 0 Å². The fourth-order valence-electron chi connectivity index (χ4n) is 5.97. The van der Waals surface area contributed by atoms with Crippen LogP contribution in [0.4, 0.5) is 5.69 Å². The molecule has 6 rings (SSSR count). The molecule has 8 nitrogen and oxygen atoms in total. The number of hydrazine groups is 1. The minimum Gasteiger partial charge on any atom is -0.489 e. The Morgan fingerprint density at radius 3 is 2.33 bits per heavy atom. The van der Waals surface area contributed by atoms with Gasteiger partial charge < -0.3 is 14.6 Å². The van der Waals surface area contributed by atoms with Crippen LogP contribution in [0, 0.1) is 11.3 Å². The van der Waals surface area contributed by atoms with E-state index in [1.165, 1.54) is 5.01 Å². The number of aromatic nitrogens is 2. The van der Waals surface area contributed by atoms with E-state index in [2.05, 4.69) is 33.9 Å². The summed E-state index contributed by atoms with van der Waals surface area (Å²) in [4.78, 5) is 19.4. The third-order valence-corrected chi connectivity index (χ3v) is 10.3. The van der Waals surface area contributed by atoms with Crippen LogP contribution >= 0.6 is 47.0 Å². The fraction of sp³-hybridized carbons (Fsp3) is 0.163. The summed E-state index contributed by atoms with van der Waals surface area (Å²) in [5.74, 6) is -0.299. The van der Waals surface area contributed by atoms with Gasteiger partial charge in [0.25, 0.3) is 5.91 Å². The van der Waals surface area contributed by atoms with Crippen LogP contribution in [0.5, 0.6) is 5.75 Å². The second-order valence-corrected chi connectivity index (χ2v) is 14.4. The molecule has 0 radical (unpaired) electrons. The second kappa shape index (κ2) is 19.4. The van der Waals surface area contributed by atoms with Crippen LogP contribution < -0.4 is 15.5 Å². The molecule has 55 heavy (non-hydrogen) atoms. The van der Waals surface area contributed by atoms with Gasteiger partial charge in [-0.3, -0.25) is 4.79 Å². The molecule has 0 bridgehead atoms. The lowest BCUT2D eigenvalue weighted by molar-refractivity contribution is -0.131. The van der Waals surface area contributed by atoms with Crippen LogP contribution in [0.25, 0.3) is 0 Å². The highest BCUT2D eigenvalue weighted by molar-refractivity contribution is 7.80. The van der Waals surface area contributed by atoms with Crippen LogP contribution in [-0.2, 0) is 30.8 Å². The highest BCUT2D eigenvalue weighted by Gasteiger charge is 2.32. The minimum atomic E-state index is -0.780. The number of nitrogens with one attached hydrogen (secondary N) is 2. The van der Waals surface area contributed by atoms with Crippen molar-refractivity contribution in [3.63, 3.8) is 0 Å². The van der Waals surface area contributed by atoms with Crippen LogP contribution in [0.3, 0.4) is 0 Å². The van der Waals surface area contributed by atoms with Gasteiger partial charge in [-0.25, -0.2) is 15.4 Å². The van der Waals surface area contributed by atoms with Gasteiger partial charge in [0, 0.05) is 30.0 Å². The number of anilines is 1. The average Bonchev–Trinajstić information content (AvgIpc) is 3.67. The maximum Gasteiger partial charge on any atom is 0.252 e. The van der Waals surface area contributed by atoms with E-state index in [4.69, 9.17) is 51.8 Å². The van der Waals surface area contributed by atoms with E-state index >= 15 is 0 Å². The first-order valence-corrected chi connectivity index (χ1v) is 19.1. The normalized spacial score (nSPS) is 11.4. The van der Waals surface area contributed by atoms with Crippen molar-refractivity contribution in [3.05, 3.63) is 182 Å². The van der Waals surface area contributed by atoms with Crippen LogP contribution in [0.15, 0.2) is 134 Å². The molecule has 0 aliphatic carbocycles. The molecule has 0 aliphatic heterocycles. The van der Waals surface area contributed by atoms with Gasteiger partial charge in [0.15, 0.2) is 5.11 Å². The van der Waals surface area contributed by atoms with Crippen molar-refractivity contribution in [2.75, 3.05) is 11.9 Å². The lowest BCUT2D eigenvalue weighted by Crippen LogP contribution is -2.51. The predicted molar refractivity (Wildman–Crippen MR) is 223 cm³/mol. The number of carbonyl (C=O) groups is 1. The molecule has 1 aromatic heterocycles. The number of hydrogen-bond acceptors (Lipinski definition) is 6. The molecule has 1 amide bonds. The minimum absolute atomic E-state index is 0.160. The van der Waals surface area contributed by atoms with E-state index in [-0.39, 0.29) is 17.4 Å². The number of imidazole rings is 1. The number of aryl methyl sites for hydroxylation is 1. The van der Waals surface area contributed by atoms with E-state index in [0.717, 1.165) is 28.9 Å². The maximum atomic E-state index is 14.9. The van der Waals surface area contributed by atoms with Gasteiger partial charge in [0.05, 0.1) is 39.6 Å². The van der Waals surface area contributed by atoms with Gasteiger partial charge in [-0.1, -0.05) is 102 Å². The molecule has 278 valence electrons. The zero-order valence-electron chi connectivity index (χ0n) is 29.7. The Bertz CT molecular complexity index is 2240.